The first kappa shape index (κ1) is 27.5. The van der Waals surface area contributed by atoms with Gasteiger partial charge < -0.3 is 20.5 Å². The number of benzene rings is 5. The minimum Gasteiger partial charge on any atom is -0.457 e. The van der Waals surface area contributed by atoms with Crippen LogP contribution in [0.1, 0.15) is 27.0 Å². The fourth-order valence-corrected chi connectivity index (χ4v) is 3.66. The molecule has 0 bridgehead atoms. The number of nitrogens with two attached hydrogens (primary N) is 1. The molecule has 0 saturated carbocycles. The normalized spacial score (nSPS) is 9.93. The molecule has 3 N–H and O–H groups in total. The number of anilines is 2. The summed E-state index contributed by atoms with van der Waals surface area (Å²) in [6.45, 7) is 3.88. The van der Waals surface area contributed by atoms with Gasteiger partial charge in [-0.25, -0.2) is 0 Å². The van der Waals surface area contributed by atoms with Crippen molar-refractivity contribution in [3.8, 4) is 29.1 Å². The van der Waals surface area contributed by atoms with Gasteiger partial charge in [-0.05, 0) is 79.6 Å². The summed E-state index contributed by atoms with van der Waals surface area (Å²) in [6.07, 6.45) is 0. The van der Waals surface area contributed by atoms with Crippen LogP contribution in [0.3, 0.4) is 0 Å². The third-order valence-corrected chi connectivity index (χ3v) is 5.92. The smallest absolute Gasteiger partial charge is 0.255 e. The molecule has 0 heterocycles. The highest BCUT2D eigenvalue weighted by atomic mass is 16.5. The molecule has 0 aliphatic carbocycles. The minimum atomic E-state index is -0.267. The fraction of sp³-hybridized carbons (Fsp3) is 0.0588. The number of rotatable bonds is 6. The quantitative estimate of drug-likeness (QED) is 0.217. The van der Waals surface area contributed by atoms with Crippen molar-refractivity contribution in [2.75, 3.05) is 11.1 Å². The van der Waals surface area contributed by atoms with E-state index < -0.39 is 0 Å². The van der Waals surface area contributed by atoms with Crippen LogP contribution >= 0.6 is 0 Å². The molecule has 0 saturated heterocycles. The van der Waals surface area contributed by atoms with Crippen LogP contribution in [0, 0.1) is 25.2 Å². The van der Waals surface area contributed by atoms with Gasteiger partial charge in [-0.1, -0.05) is 54.6 Å². The van der Waals surface area contributed by atoms with E-state index in [-0.39, 0.29) is 5.91 Å². The van der Waals surface area contributed by atoms with Crippen molar-refractivity contribution in [3.05, 3.63) is 144 Å². The first-order valence-electron chi connectivity index (χ1n) is 12.7. The van der Waals surface area contributed by atoms with E-state index in [2.05, 4.69) is 5.32 Å². The molecule has 5 aromatic rings. The molecule has 0 radical (unpaired) electrons. The van der Waals surface area contributed by atoms with E-state index in [0.29, 0.717) is 22.6 Å². The molecule has 40 heavy (non-hydrogen) atoms. The maximum absolute atomic E-state index is 12.4. The summed E-state index contributed by atoms with van der Waals surface area (Å²) in [6, 6.07) is 39.0. The van der Waals surface area contributed by atoms with Crippen molar-refractivity contribution < 1.29 is 14.3 Å². The van der Waals surface area contributed by atoms with Crippen molar-refractivity contribution in [2.45, 2.75) is 13.8 Å². The number of nitrogen functional groups attached to an aromatic ring is 1. The van der Waals surface area contributed by atoms with Crippen molar-refractivity contribution in [1.82, 2.24) is 0 Å². The number of nitriles is 1. The number of carbonyl (C=O) groups excluding carboxylic acids is 1. The molecule has 0 aliphatic rings. The lowest BCUT2D eigenvalue weighted by Crippen LogP contribution is -2.13. The van der Waals surface area contributed by atoms with Crippen molar-refractivity contribution in [1.29, 1.82) is 5.26 Å². The van der Waals surface area contributed by atoms with Crippen LogP contribution in [0.25, 0.3) is 0 Å². The van der Waals surface area contributed by atoms with E-state index in [9.17, 15) is 4.79 Å². The highest BCUT2D eigenvalue weighted by molar-refractivity contribution is 6.05. The summed E-state index contributed by atoms with van der Waals surface area (Å²) < 4.78 is 11.4. The van der Waals surface area contributed by atoms with Gasteiger partial charge in [0.05, 0.1) is 11.6 Å². The topological polar surface area (TPSA) is 97.4 Å². The van der Waals surface area contributed by atoms with E-state index in [1.165, 1.54) is 0 Å². The number of nitrogens with one attached hydrogen (secondary N) is 1. The Kier molecular flexibility index (Phi) is 9.15. The maximum atomic E-state index is 12.4. The van der Waals surface area contributed by atoms with Gasteiger partial charge in [-0.2, -0.15) is 5.26 Å². The Morgan fingerprint density at radius 2 is 1.25 bits per heavy atom. The van der Waals surface area contributed by atoms with E-state index >= 15 is 0 Å². The van der Waals surface area contributed by atoms with Crippen molar-refractivity contribution >= 4 is 17.3 Å². The summed E-state index contributed by atoms with van der Waals surface area (Å²) in [5.41, 5.74) is 10.1. The molecule has 5 rings (SSSR count). The third-order valence-electron chi connectivity index (χ3n) is 5.92. The lowest BCUT2D eigenvalue weighted by molar-refractivity contribution is 0.102. The first-order valence-corrected chi connectivity index (χ1v) is 12.7. The second kappa shape index (κ2) is 13.3. The molecule has 0 fully saturated rings. The number of amides is 1. The van der Waals surface area contributed by atoms with Gasteiger partial charge in [0, 0.05) is 29.1 Å². The molecule has 198 valence electrons. The number of carbonyl (C=O) groups is 1. The van der Waals surface area contributed by atoms with Gasteiger partial charge in [-0.3, -0.25) is 4.79 Å². The zero-order valence-corrected chi connectivity index (χ0v) is 22.3. The van der Waals surface area contributed by atoms with Gasteiger partial charge in [0.2, 0.25) is 0 Å². The van der Waals surface area contributed by atoms with Crippen LogP contribution < -0.4 is 20.5 Å². The summed E-state index contributed by atoms with van der Waals surface area (Å²) in [7, 11) is 0. The van der Waals surface area contributed by atoms with Crippen LogP contribution in [-0.2, 0) is 0 Å². The molecule has 0 atom stereocenters. The van der Waals surface area contributed by atoms with E-state index in [1.54, 1.807) is 30.3 Å². The van der Waals surface area contributed by atoms with Crippen LogP contribution in [0.2, 0.25) is 0 Å². The Bertz CT molecular complexity index is 1630. The molecule has 0 spiro atoms. The van der Waals surface area contributed by atoms with Crippen LogP contribution in [0.4, 0.5) is 11.4 Å². The summed E-state index contributed by atoms with van der Waals surface area (Å²) >= 11 is 0. The Labute approximate surface area is 234 Å². The molecular weight excluding hydrogens is 498 g/mol. The van der Waals surface area contributed by atoms with Crippen LogP contribution in [0.5, 0.6) is 23.0 Å². The Hall–Kier alpha value is -5.54. The number of aryl methyl sites for hydroxylation is 2. The zero-order valence-electron chi connectivity index (χ0n) is 22.3. The largest absolute Gasteiger partial charge is 0.457 e. The Morgan fingerprint density at radius 1 is 0.675 bits per heavy atom. The number of hydrogen-bond donors (Lipinski definition) is 2. The van der Waals surface area contributed by atoms with Crippen LogP contribution in [0.15, 0.2) is 121 Å². The first-order chi connectivity index (χ1) is 19.4. The second-order valence-corrected chi connectivity index (χ2v) is 8.97. The standard InChI is InChI=1S/C21H16N2O2.C13H13NO/c1-15-10-11-19(25-18-8-3-2-4-9-18)13-20(15)23-21(24)17-7-5-6-16(12-17)14-22;1-10-7-8-12(9-13(10)14)15-11-5-3-2-4-6-11/h2-13H,1H3,(H,23,24);2-9H,14H2,1H3. The SMILES string of the molecule is Cc1ccc(Oc2ccccc2)cc1N.Cc1ccc(Oc2ccccc2)cc1NC(=O)c1cccc(C#N)c1. The van der Waals surface area contributed by atoms with Gasteiger partial charge in [0.1, 0.15) is 23.0 Å². The molecule has 0 unspecified atom stereocenters. The molecular formula is C34H29N3O3. The van der Waals surface area contributed by atoms with E-state index in [1.807, 2.05) is 111 Å². The molecule has 6 heteroatoms. The zero-order chi connectivity index (χ0) is 28.3. The number of ether oxygens (including phenoxy) is 2. The Morgan fingerprint density at radius 3 is 1.82 bits per heavy atom. The number of para-hydroxylation sites is 2. The van der Waals surface area contributed by atoms with Gasteiger partial charge in [0.25, 0.3) is 5.91 Å². The van der Waals surface area contributed by atoms with E-state index in [4.69, 9.17) is 20.5 Å². The average molecular weight is 528 g/mol. The minimum absolute atomic E-state index is 0.267. The molecule has 0 aliphatic heterocycles. The van der Waals surface area contributed by atoms with Crippen molar-refractivity contribution in [3.63, 3.8) is 0 Å². The highest BCUT2D eigenvalue weighted by Gasteiger charge is 2.10. The Balaban J connectivity index is 0.000000210. The fourth-order valence-electron chi connectivity index (χ4n) is 3.66. The van der Waals surface area contributed by atoms with E-state index in [0.717, 1.165) is 34.1 Å². The average Bonchev–Trinajstić information content (AvgIpc) is 2.98. The molecule has 5 aromatic carbocycles. The number of hydrogen-bond acceptors (Lipinski definition) is 5. The van der Waals surface area contributed by atoms with Gasteiger partial charge >= 0.3 is 0 Å². The lowest BCUT2D eigenvalue weighted by Gasteiger charge is -2.12. The second-order valence-electron chi connectivity index (χ2n) is 8.97. The third kappa shape index (κ3) is 7.73. The maximum Gasteiger partial charge on any atom is 0.255 e. The predicted molar refractivity (Wildman–Crippen MR) is 159 cm³/mol. The summed E-state index contributed by atoms with van der Waals surface area (Å²) in [5.74, 6) is 2.69. The molecule has 0 aromatic heterocycles. The lowest BCUT2D eigenvalue weighted by atomic mass is 10.1. The van der Waals surface area contributed by atoms with Crippen molar-refractivity contribution in [2.24, 2.45) is 0 Å². The summed E-state index contributed by atoms with van der Waals surface area (Å²) in [4.78, 5) is 12.4. The van der Waals surface area contributed by atoms with Crippen LogP contribution in [-0.4, -0.2) is 5.91 Å². The number of nitrogens with zero attached hydrogens (tertiary/aromatic N) is 1. The molecule has 6 nitrogen and oxygen atoms in total. The van der Waals surface area contributed by atoms with Gasteiger partial charge in [0.15, 0.2) is 0 Å². The summed E-state index contributed by atoms with van der Waals surface area (Å²) in [5, 5.41) is 11.8. The monoisotopic (exact) mass is 527 g/mol. The molecule has 1 amide bonds. The highest BCUT2D eigenvalue weighted by Crippen LogP contribution is 2.27. The predicted octanol–water partition coefficient (Wildman–Crippen LogP) is 8.28. The van der Waals surface area contributed by atoms with Gasteiger partial charge in [-0.15, -0.1) is 0 Å².